The van der Waals surface area contributed by atoms with Crippen molar-refractivity contribution in [3.8, 4) is 0 Å². The van der Waals surface area contributed by atoms with Crippen molar-refractivity contribution < 1.29 is 18.4 Å². The molecule has 7 heteroatoms. The molecule has 21 heavy (non-hydrogen) atoms. The molecule has 0 saturated heterocycles. The Morgan fingerprint density at radius 1 is 1.14 bits per heavy atom. The summed E-state index contributed by atoms with van der Waals surface area (Å²) in [6, 6.07) is 2.77. The fraction of sp³-hybridized carbons (Fsp3) is 0.429. The number of ketones is 1. The van der Waals surface area contributed by atoms with E-state index < -0.39 is 17.4 Å². The van der Waals surface area contributed by atoms with Crippen LogP contribution in [0, 0.1) is 11.6 Å². The highest BCUT2D eigenvalue weighted by Gasteiger charge is 2.13. The molecule has 0 heterocycles. The summed E-state index contributed by atoms with van der Waals surface area (Å²) in [4.78, 5) is 23.1. The number of halogens is 3. The van der Waals surface area contributed by atoms with Crippen LogP contribution in [-0.2, 0) is 4.79 Å². The van der Waals surface area contributed by atoms with Crippen molar-refractivity contribution in [2.45, 2.75) is 19.8 Å². The van der Waals surface area contributed by atoms with Gasteiger partial charge in [0.15, 0.2) is 5.78 Å². The lowest BCUT2D eigenvalue weighted by atomic mass is 10.1. The van der Waals surface area contributed by atoms with Crippen LogP contribution in [0.5, 0.6) is 0 Å². The van der Waals surface area contributed by atoms with Gasteiger partial charge in [-0.3, -0.25) is 9.59 Å². The molecule has 0 aromatic heterocycles. The van der Waals surface area contributed by atoms with Crippen LogP contribution >= 0.6 is 12.4 Å². The summed E-state index contributed by atoms with van der Waals surface area (Å²) in [6.07, 6.45) is -0.114. The van der Waals surface area contributed by atoms with E-state index in [-0.39, 0.29) is 36.7 Å². The minimum absolute atomic E-state index is 0. The summed E-state index contributed by atoms with van der Waals surface area (Å²) < 4.78 is 26.0. The van der Waals surface area contributed by atoms with E-state index in [1.165, 1.54) is 0 Å². The number of hydrogen-bond donors (Lipinski definition) is 2. The lowest BCUT2D eigenvalue weighted by Gasteiger charge is -2.06. The highest BCUT2D eigenvalue weighted by molar-refractivity contribution is 5.98. The molecule has 0 aliphatic heterocycles. The Hall–Kier alpha value is -1.53. The highest BCUT2D eigenvalue weighted by atomic mass is 35.5. The Morgan fingerprint density at radius 2 is 1.86 bits per heavy atom. The number of likely N-dealkylation sites (N-methyl/N-ethyl adjacent to an activating group) is 1. The van der Waals surface area contributed by atoms with E-state index in [2.05, 4.69) is 10.6 Å². The molecular weight excluding hydrogens is 302 g/mol. The maximum absolute atomic E-state index is 13.3. The number of benzene rings is 1. The zero-order valence-electron chi connectivity index (χ0n) is 11.7. The molecule has 0 aliphatic rings. The smallest absolute Gasteiger partial charge is 0.220 e. The molecule has 1 aromatic carbocycles. The molecule has 1 rings (SSSR count). The van der Waals surface area contributed by atoms with Gasteiger partial charge in [-0.1, -0.05) is 6.92 Å². The molecule has 2 N–H and O–H groups in total. The molecule has 0 fully saturated rings. The molecule has 0 spiro atoms. The third-order valence-electron chi connectivity index (χ3n) is 2.68. The molecule has 0 unspecified atom stereocenters. The maximum Gasteiger partial charge on any atom is 0.220 e. The van der Waals surface area contributed by atoms with Gasteiger partial charge in [0.1, 0.15) is 11.6 Å². The molecule has 0 aliphatic carbocycles. The van der Waals surface area contributed by atoms with Gasteiger partial charge in [-0.15, -0.1) is 12.4 Å². The number of rotatable bonds is 8. The summed E-state index contributed by atoms with van der Waals surface area (Å²) in [6.45, 7) is 3.91. The quantitative estimate of drug-likeness (QED) is 0.569. The van der Waals surface area contributed by atoms with Gasteiger partial charge < -0.3 is 10.6 Å². The number of carbonyl (C=O) groups excluding carboxylic acids is 2. The van der Waals surface area contributed by atoms with E-state index in [0.717, 1.165) is 18.7 Å². The highest BCUT2D eigenvalue weighted by Crippen LogP contribution is 2.12. The van der Waals surface area contributed by atoms with Gasteiger partial charge in [-0.05, 0) is 18.7 Å². The fourth-order valence-electron chi connectivity index (χ4n) is 1.63. The Balaban J connectivity index is 0.00000400. The van der Waals surface area contributed by atoms with E-state index >= 15 is 0 Å². The Labute approximate surface area is 128 Å². The SMILES string of the molecule is CCNCCNC(=O)CCC(=O)c1ccc(F)cc1F.Cl. The monoisotopic (exact) mass is 320 g/mol. The van der Waals surface area contributed by atoms with Crippen LogP contribution in [0.1, 0.15) is 30.1 Å². The van der Waals surface area contributed by atoms with Crippen molar-refractivity contribution in [1.29, 1.82) is 0 Å². The van der Waals surface area contributed by atoms with Gasteiger partial charge >= 0.3 is 0 Å². The van der Waals surface area contributed by atoms with Gasteiger partial charge in [0.05, 0.1) is 5.56 Å². The molecule has 1 amide bonds. The largest absolute Gasteiger partial charge is 0.355 e. The normalized spacial score (nSPS) is 9.86. The van der Waals surface area contributed by atoms with Crippen LogP contribution in [0.3, 0.4) is 0 Å². The molecule has 0 bridgehead atoms. The first-order chi connectivity index (χ1) is 9.54. The van der Waals surface area contributed by atoms with Crippen molar-refractivity contribution in [2.24, 2.45) is 0 Å². The van der Waals surface area contributed by atoms with Crippen molar-refractivity contribution >= 4 is 24.1 Å². The maximum atomic E-state index is 13.3. The van der Waals surface area contributed by atoms with Crippen LogP contribution in [-0.4, -0.2) is 31.3 Å². The third kappa shape index (κ3) is 7.15. The Kier molecular flexibility index (Phi) is 9.49. The second kappa shape index (κ2) is 10.2. The van der Waals surface area contributed by atoms with Crippen LogP contribution in [0.2, 0.25) is 0 Å². The predicted molar refractivity (Wildman–Crippen MR) is 78.7 cm³/mol. The average Bonchev–Trinajstić information content (AvgIpc) is 2.41. The zero-order valence-corrected chi connectivity index (χ0v) is 12.6. The van der Waals surface area contributed by atoms with Gasteiger partial charge in [-0.25, -0.2) is 8.78 Å². The lowest BCUT2D eigenvalue weighted by Crippen LogP contribution is -2.31. The number of Topliss-reactive ketones (excluding diaryl/α,β-unsaturated/α-hetero) is 1. The van der Waals surface area contributed by atoms with Gasteiger partial charge in [0.2, 0.25) is 5.91 Å². The summed E-state index contributed by atoms with van der Waals surface area (Å²) in [5.41, 5.74) is -0.188. The van der Waals surface area contributed by atoms with E-state index in [1.807, 2.05) is 6.92 Å². The first kappa shape index (κ1) is 19.5. The molecule has 1 aromatic rings. The first-order valence-electron chi connectivity index (χ1n) is 6.50. The van der Waals surface area contributed by atoms with Crippen molar-refractivity contribution in [3.05, 3.63) is 35.4 Å². The number of amides is 1. The van der Waals surface area contributed by atoms with Gasteiger partial charge in [-0.2, -0.15) is 0 Å². The second-order valence-corrected chi connectivity index (χ2v) is 4.25. The van der Waals surface area contributed by atoms with Crippen molar-refractivity contribution in [3.63, 3.8) is 0 Å². The van der Waals surface area contributed by atoms with Crippen molar-refractivity contribution in [2.75, 3.05) is 19.6 Å². The van der Waals surface area contributed by atoms with E-state index in [1.54, 1.807) is 0 Å². The average molecular weight is 321 g/mol. The summed E-state index contributed by atoms with van der Waals surface area (Å²) >= 11 is 0. The third-order valence-corrected chi connectivity index (χ3v) is 2.68. The number of carbonyl (C=O) groups is 2. The molecule has 0 atom stereocenters. The fourth-order valence-corrected chi connectivity index (χ4v) is 1.63. The Bertz CT molecular complexity index is 484. The zero-order chi connectivity index (χ0) is 15.0. The van der Waals surface area contributed by atoms with Crippen LogP contribution in [0.15, 0.2) is 18.2 Å². The van der Waals surface area contributed by atoms with Crippen molar-refractivity contribution in [1.82, 2.24) is 10.6 Å². The van der Waals surface area contributed by atoms with Crippen LogP contribution in [0.4, 0.5) is 8.78 Å². The minimum atomic E-state index is -0.900. The first-order valence-corrected chi connectivity index (χ1v) is 6.50. The predicted octanol–water partition coefficient (Wildman–Crippen LogP) is 2.08. The summed E-state index contributed by atoms with van der Waals surface area (Å²) in [5.74, 6) is -2.41. The Morgan fingerprint density at radius 3 is 2.48 bits per heavy atom. The van der Waals surface area contributed by atoms with Crippen LogP contribution < -0.4 is 10.6 Å². The van der Waals surface area contributed by atoms with Crippen LogP contribution in [0.25, 0.3) is 0 Å². The molecular formula is C14H19ClF2N2O2. The minimum Gasteiger partial charge on any atom is -0.355 e. The molecule has 0 saturated carbocycles. The second-order valence-electron chi connectivity index (χ2n) is 4.25. The molecule has 4 nitrogen and oxygen atoms in total. The summed E-state index contributed by atoms with van der Waals surface area (Å²) in [5, 5.41) is 5.68. The topological polar surface area (TPSA) is 58.2 Å². The van der Waals surface area contributed by atoms with E-state index in [0.29, 0.717) is 19.2 Å². The number of hydrogen-bond acceptors (Lipinski definition) is 3. The lowest BCUT2D eigenvalue weighted by molar-refractivity contribution is -0.121. The van der Waals surface area contributed by atoms with Gasteiger partial charge in [0, 0.05) is 32.0 Å². The van der Waals surface area contributed by atoms with Gasteiger partial charge in [0.25, 0.3) is 0 Å². The molecule has 0 radical (unpaired) electrons. The standard InChI is InChI=1S/C14H18F2N2O2.ClH/c1-2-17-7-8-18-14(20)6-5-13(19)11-4-3-10(15)9-12(11)16;/h3-4,9,17H,2,5-8H2,1H3,(H,18,20);1H. The summed E-state index contributed by atoms with van der Waals surface area (Å²) in [7, 11) is 0. The van der Waals surface area contributed by atoms with E-state index in [4.69, 9.17) is 0 Å². The van der Waals surface area contributed by atoms with E-state index in [9.17, 15) is 18.4 Å². The number of nitrogens with one attached hydrogen (secondary N) is 2. The molecule has 118 valence electrons.